The molecule has 4 rings (SSSR count). The number of fused-ring (bicyclic) bond motifs is 1. The van der Waals surface area contributed by atoms with Crippen molar-refractivity contribution in [1.82, 2.24) is 4.90 Å². The Labute approximate surface area is 150 Å². The van der Waals surface area contributed by atoms with E-state index in [4.69, 9.17) is 4.74 Å². The molecular weight excluding hydrogens is 310 g/mol. The van der Waals surface area contributed by atoms with Gasteiger partial charge in [0.15, 0.2) is 5.78 Å². The molecule has 25 heavy (non-hydrogen) atoms. The molecule has 132 valence electrons. The molecule has 2 fully saturated rings. The highest BCUT2D eigenvalue weighted by molar-refractivity contribution is 6.01. The number of carbonyl (C=O) groups is 1. The van der Waals surface area contributed by atoms with Crippen LogP contribution in [0, 0.1) is 11.8 Å². The van der Waals surface area contributed by atoms with Gasteiger partial charge in [0.25, 0.3) is 0 Å². The van der Waals surface area contributed by atoms with Crippen molar-refractivity contribution in [1.29, 1.82) is 0 Å². The average Bonchev–Trinajstić information content (AvgIpc) is 3.51. The van der Waals surface area contributed by atoms with Gasteiger partial charge in [-0.2, -0.15) is 0 Å². The van der Waals surface area contributed by atoms with Crippen LogP contribution < -0.4 is 4.74 Å². The second-order valence-corrected chi connectivity index (χ2v) is 7.58. The molecule has 3 nitrogen and oxygen atoms in total. The lowest BCUT2D eigenvalue weighted by Gasteiger charge is -2.37. The highest BCUT2D eigenvalue weighted by atomic mass is 16.5. The highest BCUT2D eigenvalue weighted by Gasteiger charge is 2.39. The maximum atomic E-state index is 13.3. The molecule has 1 saturated heterocycles. The number of ketones is 1. The van der Waals surface area contributed by atoms with Gasteiger partial charge in [0, 0.05) is 24.1 Å². The number of piperidine rings is 1. The summed E-state index contributed by atoms with van der Waals surface area (Å²) in [5, 5.41) is 2.22. The minimum Gasteiger partial charge on any atom is -0.497 e. The molecule has 2 aromatic rings. The van der Waals surface area contributed by atoms with Gasteiger partial charge >= 0.3 is 0 Å². The van der Waals surface area contributed by atoms with Crippen LogP contribution in [0.25, 0.3) is 10.8 Å². The van der Waals surface area contributed by atoms with E-state index in [0.717, 1.165) is 47.5 Å². The fourth-order valence-corrected chi connectivity index (χ4v) is 4.30. The van der Waals surface area contributed by atoms with Gasteiger partial charge in [0.05, 0.1) is 7.11 Å². The lowest BCUT2D eigenvalue weighted by Crippen LogP contribution is -2.44. The van der Waals surface area contributed by atoms with Crippen LogP contribution in [-0.2, 0) is 0 Å². The summed E-state index contributed by atoms with van der Waals surface area (Å²) in [6.07, 6.45) is 4.89. The van der Waals surface area contributed by atoms with Gasteiger partial charge in [0.2, 0.25) is 0 Å². The van der Waals surface area contributed by atoms with Gasteiger partial charge in [-0.1, -0.05) is 31.5 Å². The van der Waals surface area contributed by atoms with Crippen LogP contribution in [0.4, 0.5) is 0 Å². The summed E-state index contributed by atoms with van der Waals surface area (Å²) >= 11 is 0. The number of carbonyl (C=O) groups excluding carboxylic acids is 1. The Kier molecular flexibility index (Phi) is 4.51. The minimum absolute atomic E-state index is 0.148. The van der Waals surface area contributed by atoms with E-state index in [9.17, 15) is 4.79 Å². The molecule has 0 radical (unpaired) electrons. The topological polar surface area (TPSA) is 29.5 Å². The molecule has 1 saturated carbocycles. The summed E-state index contributed by atoms with van der Waals surface area (Å²) in [6, 6.07) is 12.9. The molecule has 2 aliphatic rings. The summed E-state index contributed by atoms with van der Waals surface area (Å²) < 4.78 is 5.29. The molecule has 0 unspecified atom stereocenters. The Morgan fingerprint density at radius 3 is 2.60 bits per heavy atom. The molecule has 0 amide bonds. The summed E-state index contributed by atoms with van der Waals surface area (Å²) in [7, 11) is 1.68. The van der Waals surface area contributed by atoms with Crippen LogP contribution in [0.15, 0.2) is 36.4 Å². The average molecular weight is 337 g/mol. The van der Waals surface area contributed by atoms with Gasteiger partial charge in [-0.05, 0) is 60.7 Å². The molecule has 0 N–H and O–H groups in total. The van der Waals surface area contributed by atoms with E-state index in [-0.39, 0.29) is 5.92 Å². The maximum Gasteiger partial charge on any atom is 0.167 e. The number of nitrogens with zero attached hydrogens (tertiary/aromatic N) is 1. The Morgan fingerprint density at radius 2 is 1.88 bits per heavy atom. The smallest absolute Gasteiger partial charge is 0.167 e. The zero-order valence-corrected chi connectivity index (χ0v) is 15.2. The predicted molar refractivity (Wildman–Crippen MR) is 101 cm³/mol. The first-order valence-electron chi connectivity index (χ1n) is 9.55. The number of Topliss-reactive ketones (excluding diaryl/α,β-unsaturated/α-hetero) is 1. The van der Waals surface area contributed by atoms with Crippen molar-refractivity contribution in [3.8, 4) is 5.75 Å². The number of hydrogen-bond acceptors (Lipinski definition) is 3. The molecule has 0 spiro atoms. The maximum absolute atomic E-state index is 13.3. The molecular formula is C22H27NO2. The van der Waals surface area contributed by atoms with Crippen LogP contribution in [-0.4, -0.2) is 36.9 Å². The Balaban J connectivity index is 1.60. The molecule has 1 aliphatic carbocycles. The van der Waals surface area contributed by atoms with Crippen LogP contribution in [0.2, 0.25) is 0 Å². The van der Waals surface area contributed by atoms with Crippen molar-refractivity contribution in [3.05, 3.63) is 42.0 Å². The van der Waals surface area contributed by atoms with E-state index >= 15 is 0 Å². The number of rotatable bonds is 5. The van der Waals surface area contributed by atoms with Gasteiger partial charge < -0.3 is 4.74 Å². The summed E-state index contributed by atoms with van der Waals surface area (Å²) in [6.45, 7) is 4.34. The number of likely N-dealkylation sites (tertiary alicyclic amines) is 1. The molecule has 2 atom stereocenters. The SMILES string of the molecule is CC[C@@H]1CCN(C2CC2)C[C@@H]1C(=O)c1ccc2cc(OC)ccc2c1. The first-order chi connectivity index (χ1) is 12.2. The van der Waals surface area contributed by atoms with Crippen LogP contribution in [0.1, 0.15) is 43.0 Å². The van der Waals surface area contributed by atoms with Crippen LogP contribution >= 0.6 is 0 Å². The van der Waals surface area contributed by atoms with Crippen molar-refractivity contribution in [3.63, 3.8) is 0 Å². The number of hydrogen-bond donors (Lipinski definition) is 0. The number of methoxy groups -OCH3 is 1. The Morgan fingerprint density at radius 1 is 1.12 bits per heavy atom. The fraction of sp³-hybridized carbons (Fsp3) is 0.500. The lowest BCUT2D eigenvalue weighted by atomic mass is 9.79. The van der Waals surface area contributed by atoms with E-state index in [1.165, 1.54) is 19.4 Å². The van der Waals surface area contributed by atoms with Crippen molar-refractivity contribution >= 4 is 16.6 Å². The molecule has 1 aliphatic heterocycles. The largest absolute Gasteiger partial charge is 0.497 e. The monoisotopic (exact) mass is 337 g/mol. The first kappa shape index (κ1) is 16.6. The van der Waals surface area contributed by atoms with Gasteiger partial charge in [0.1, 0.15) is 5.75 Å². The van der Waals surface area contributed by atoms with Gasteiger partial charge in [-0.25, -0.2) is 0 Å². The molecule has 1 heterocycles. The second kappa shape index (κ2) is 6.80. The van der Waals surface area contributed by atoms with Gasteiger partial charge in [-0.15, -0.1) is 0 Å². The fourth-order valence-electron chi connectivity index (χ4n) is 4.30. The van der Waals surface area contributed by atoms with Gasteiger partial charge in [-0.3, -0.25) is 9.69 Å². The van der Waals surface area contributed by atoms with E-state index in [1.807, 2.05) is 30.3 Å². The third-order valence-corrected chi connectivity index (χ3v) is 6.04. The molecule has 2 aromatic carbocycles. The Hall–Kier alpha value is -1.87. The van der Waals surface area contributed by atoms with E-state index < -0.39 is 0 Å². The minimum atomic E-state index is 0.148. The van der Waals surface area contributed by atoms with Crippen molar-refractivity contribution < 1.29 is 9.53 Å². The van der Waals surface area contributed by atoms with E-state index in [2.05, 4.69) is 17.9 Å². The third-order valence-electron chi connectivity index (χ3n) is 6.04. The quantitative estimate of drug-likeness (QED) is 0.750. The van der Waals surface area contributed by atoms with Crippen LogP contribution in [0.3, 0.4) is 0 Å². The van der Waals surface area contributed by atoms with Crippen molar-refractivity contribution in [2.45, 2.75) is 38.6 Å². The highest BCUT2D eigenvalue weighted by Crippen LogP contribution is 2.36. The predicted octanol–water partition coefficient (Wildman–Crippen LogP) is 4.54. The van der Waals surface area contributed by atoms with E-state index in [1.54, 1.807) is 7.11 Å². The summed E-state index contributed by atoms with van der Waals surface area (Å²) in [4.78, 5) is 15.8. The lowest BCUT2D eigenvalue weighted by molar-refractivity contribution is 0.0671. The molecule has 0 bridgehead atoms. The Bertz CT molecular complexity index is 781. The molecule has 0 aromatic heterocycles. The van der Waals surface area contributed by atoms with Crippen molar-refractivity contribution in [2.24, 2.45) is 11.8 Å². The second-order valence-electron chi connectivity index (χ2n) is 7.58. The summed E-state index contributed by atoms with van der Waals surface area (Å²) in [5.41, 5.74) is 0.860. The summed E-state index contributed by atoms with van der Waals surface area (Å²) in [5.74, 6) is 1.85. The molecule has 3 heteroatoms. The van der Waals surface area contributed by atoms with E-state index in [0.29, 0.717) is 11.7 Å². The standard InChI is InChI=1S/C22H27NO2/c1-3-15-10-11-23(19-7-8-19)14-21(15)22(24)18-5-4-17-13-20(25-2)9-6-16(17)12-18/h4-6,9,12-13,15,19,21H,3,7-8,10-11,14H2,1-2H3/t15-,21+/m1/s1. The van der Waals surface area contributed by atoms with Crippen LogP contribution in [0.5, 0.6) is 5.75 Å². The number of ether oxygens (including phenoxy) is 1. The zero-order valence-electron chi connectivity index (χ0n) is 15.2. The number of benzene rings is 2. The first-order valence-corrected chi connectivity index (χ1v) is 9.55. The zero-order chi connectivity index (χ0) is 17.4. The van der Waals surface area contributed by atoms with Crippen molar-refractivity contribution in [2.75, 3.05) is 20.2 Å². The normalized spacial score (nSPS) is 24.4. The third kappa shape index (κ3) is 3.30.